The zero-order valence-corrected chi connectivity index (χ0v) is 9.70. The van der Waals surface area contributed by atoms with E-state index in [4.69, 9.17) is 5.26 Å². The number of pyridine rings is 1. The summed E-state index contributed by atoms with van der Waals surface area (Å²) in [6.45, 7) is 4.03. The highest BCUT2D eigenvalue weighted by molar-refractivity contribution is 6.07. The molecule has 0 saturated heterocycles. The van der Waals surface area contributed by atoms with Gasteiger partial charge >= 0.3 is 0 Å². The Bertz CT molecular complexity index is 775. The molecular weight excluding hydrogens is 210 g/mol. The van der Waals surface area contributed by atoms with Crippen LogP contribution in [-0.4, -0.2) is 9.97 Å². The first-order valence-electron chi connectivity index (χ1n) is 5.48. The number of nitrogens with one attached hydrogen (secondary N) is 1. The van der Waals surface area contributed by atoms with Gasteiger partial charge in [0.1, 0.15) is 5.65 Å². The third kappa shape index (κ3) is 1.38. The van der Waals surface area contributed by atoms with Crippen molar-refractivity contribution in [2.75, 3.05) is 0 Å². The monoisotopic (exact) mass is 221 g/mol. The number of nitrogens with zero attached hydrogens (tertiary/aromatic N) is 2. The Morgan fingerprint density at radius 2 is 2.00 bits per heavy atom. The molecule has 3 heteroatoms. The van der Waals surface area contributed by atoms with E-state index in [9.17, 15) is 0 Å². The number of hydrogen-bond donors (Lipinski definition) is 1. The molecule has 0 atom stereocenters. The molecule has 1 aromatic carbocycles. The highest BCUT2D eigenvalue weighted by Crippen LogP contribution is 2.28. The molecule has 0 aliphatic carbocycles. The van der Waals surface area contributed by atoms with Crippen LogP contribution in [-0.2, 0) is 0 Å². The lowest BCUT2D eigenvalue weighted by Crippen LogP contribution is -1.80. The van der Waals surface area contributed by atoms with Crippen molar-refractivity contribution in [2.24, 2.45) is 0 Å². The number of nitriles is 1. The Morgan fingerprint density at radius 3 is 2.76 bits per heavy atom. The quantitative estimate of drug-likeness (QED) is 0.633. The van der Waals surface area contributed by atoms with Crippen LogP contribution in [0.2, 0.25) is 0 Å². The molecule has 3 rings (SSSR count). The second-order valence-corrected chi connectivity index (χ2v) is 4.36. The van der Waals surface area contributed by atoms with Crippen LogP contribution in [0.1, 0.15) is 16.7 Å². The number of aromatic nitrogens is 2. The maximum Gasteiger partial charge on any atom is 0.138 e. The van der Waals surface area contributed by atoms with E-state index >= 15 is 0 Å². The van der Waals surface area contributed by atoms with E-state index in [1.165, 1.54) is 0 Å². The minimum absolute atomic E-state index is 0.692. The third-order valence-corrected chi connectivity index (χ3v) is 3.02. The fourth-order valence-corrected chi connectivity index (χ4v) is 2.22. The average molecular weight is 221 g/mol. The minimum atomic E-state index is 0.692. The van der Waals surface area contributed by atoms with Gasteiger partial charge in [-0.15, -0.1) is 0 Å². The number of H-pyrrole nitrogens is 1. The van der Waals surface area contributed by atoms with E-state index in [1.807, 2.05) is 32.2 Å². The van der Waals surface area contributed by atoms with Crippen molar-refractivity contribution < 1.29 is 0 Å². The van der Waals surface area contributed by atoms with Gasteiger partial charge in [0.05, 0.1) is 17.1 Å². The number of benzene rings is 1. The Kier molecular flexibility index (Phi) is 1.93. The van der Waals surface area contributed by atoms with Crippen LogP contribution in [0.5, 0.6) is 0 Å². The van der Waals surface area contributed by atoms with Crippen molar-refractivity contribution in [2.45, 2.75) is 13.8 Å². The molecule has 0 saturated carbocycles. The molecule has 0 spiro atoms. The van der Waals surface area contributed by atoms with Crippen LogP contribution in [0.4, 0.5) is 0 Å². The Morgan fingerprint density at radius 1 is 1.18 bits per heavy atom. The molecule has 2 heterocycles. The lowest BCUT2D eigenvalue weighted by Gasteiger charge is -1.97. The normalized spacial score (nSPS) is 10.9. The summed E-state index contributed by atoms with van der Waals surface area (Å²) >= 11 is 0. The number of rotatable bonds is 0. The molecule has 3 aromatic rings. The van der Waals surface area contributed by atoms with Gasteiger partial charge in [-0.1, -0.05) is 0 Å². The zero-order valence-electron chi connectivity index (χ0n) is 9.70. The molecule has 0 bridgehead atoms. The molecule has 82 valence electrons. The lowest BCUT2D eigenvalue weighted by atomic mass is 10.1. The van der Waals surface area contributed by atoms with Crippen molar-refractivity contribution in [3.05, 3.63) is 41.1 Å². The molecule has 2 aromatic heterocycles. The molecule has 1 N–H and O–H groups in total. The summed E-state index contributed by atoms with van der Waals surface area (Å²) in [6, 6.07) is 8.11. The summed E-state index contributed by atoms with van der Waals surface area (Å²) in [5, 5.41) is 11.2. The third-order valence-electron chi connectivity index (χ3n) is 3.02. The predicted molar refractivity (Wildman–Crippen MR) is 67.8 cm³/mol. The highest BCUT2D eigenvalue weighted by atomic mass is 14.8. The van der Waals surface area contributed by atoms with Gasteiger partial charge in [0.15, 0.2) is 0 Å². The van der Waals surface area contributed by atoms with Crippen LogP contribution in [0, 0.1) is 25.2 Å². The largest absolute Gasteiger partial charge is 0.339 e. The fourth-order valence-electron chi connectivity index (χ4n) is 2.22. The van der Waals surface area contributed by atoms with Gasteiger partial charge in [0.2, 0.25) is 0 Å². The summed E-state index contributed by atoms with van der Waals surface area (Å²) in [4.78, 5) is 7.68. The van der Waals surface area contributed by atoms with E-state index in [1.54, 1.807) is 0 Å². The van der Waals surface area contributed by atoms with Gasteiger partial charge in [0.25, 0.3) is 0 Å². The average Bonchev–Trinajstić information content (AvgIpc) is 2.68. The van der Waals surface area contributed by atoms with E-state index in [0.717, 1.165) is 33.1 Å². The minimum Gasteiger partial charge on any atom is -0.339 e. The van der Waals surface area contributed by atoms with Gasteiger partial charge in [-0.2, -0.15) is 5.26 Å². The maximum atomic E-state index is 9.01. The van der Waals surface area contributed by atoms with Crippen LogP contribution < -0.4 is 0 Å². The second-order valence-electron chi connectivity index (χ2n) is 4.36. The summed E-state index contributed by atoms with van der Waals surface area (Å²) in [7, 11) is 0. The SMILES string of the molecule is Cc1cnc2[nH]c3c(C)cc(C#N)cc3c2c1. The van der Waals surface area contributed by atoms with Crippen molar-refractivity contribution in [1.29, 1.82) is 5.26 Å². The van der Waals surface area contributed by atoms with Crippen LogP contribution in [0.25, 0.3) is 21.9 Å². The zero-order chi connectivity index (χ0) is 12.0. The van der Waals surface area contributed by atoms with E-state index in [0.29, 0.717) is 5.56 Å². The van der Waals surface area contributed by atoms with Crippen molar-refractivity contribution >= 4 is 21.9 Å². The summed E-state index contributed by atoms with van der Waals surface area (Å²) < 4.78 is 0. The molecule has 0 fully saturated rings. The standard InChI is InChI=1S/C14H11N3/c1-8-3-12-11-5-10(6-15)4-9(2)13(11)17-14(12)16-7-8/h3-5,7H,1-2H3,(H,16,17). The Hall–Kier alpha value is -2.34. The van der Waals surface area contributed by atoms with Crippen LogP contribution in [0.3, 0.4) is 0 Å². The second kappa shape index (κ2) is 3.33. The Balaban J connectivity index is 2.55. The highest BCUT2D eigenvalue weighted by Gasteiger charge is 2.08. The van der Waals surface area contributed by atoms with Crippen molar-refractivity contribution in [1.82, 2.24) is 9.97 Å². The molecule has 0 unspecified atom stereocenters. The topological polar surface area (TPSA) is 52.5 Å². The van der Waals surface area contributed by atoms with E-state index in [2.05, 4.69) is 22.1 Å². The Labute approximate surface area is 98.7 Å². The first-order valence-corrected chi connectivity index (χ1v) is 5.48. The molecule has 0 aliphatic rings. The van der Waals surface area contributed by atoms with Crippen molar-refractivity contribution in [3.8, 4) is 6.07 Å². The smallest absolute Gasteiger partial charge is 0.138 e. The fraction of sp³-hybridized carbons (Fsp3) is 0.143. The first kappa shape index (κ1) is 9.86. The van der Waals surface area contributed by atoms with Crippen LogP contribution >= 0.6 is 0 Å². The first-order chi connectivity index (χ1) is 8.19. The number of aryl methyl sites for hydroxylation is 2. The van der Waals surface area contributed by atoms with Gasteiger partial charge in [0, 0.05) is 17.0 Å². The summed E-state index contributed by atoms with van der Waals surface area (Å²) in [5.41, 5.74) is 4.84. The molecule has 17 heavy (non-hydrogen) atoms. The number of fused-ring (bicyclic) bond motifs is 3. The van der Waals surface area contributed by atoms with Gasteiger partial charge in [-0.25, -0.2) is 4.98 Å². The molecule has 0 amide bonds. The van der Waals surface area contributed by atoms with E-state index < -0.39 is 0 Å². The van der Waals surface area contributed by atoms with Gasteiger partial charge in [-0.3, -0.25) is 0 Å². The van der Waals surface area contributed by atoms with Gasteiger partial charge in [-0.05, 0) is 43.2 Å². The van der Waals surface area contributed by atoms with Crippen molar-refractivity contribution in [3.63, 3.8) is 0 Å². The van der Waals surface area contributed by atoms with Gasteiger partial charge < -0.3 is 4.98 Å². The summed E-state index contributed by atoms with van der Waals surface area (Å²) in [6.07, 6.45) is 1.85. The maximum absolute atomic E-state index is 9.01. The molecule has 3 nitrogen and oxygen atoms in total. The molecule has 0 aliphatic heterocycles. The van der Waals surface area contributed by atoms with Crippen LogP contribution in [0.15, 0.2) is 24.4 Å². The molecule has 0 radical (unpaired) electrons. The van der Waals surface area contributed by atoms with E-state index in [-0.39, 0.29) is 0 Å². The lowest BCUT2D eigenvalue weighted by molar-refractivity contribution is 1.29. The molecular formula is C14H11N3. The number of aromatic amines is 1. The summed E-state index contributed by atoms with van der Waals surface area (Å²) in [5.74, 6) is 0. The number of hydrogen-bond acceptors (Lipinski definition) is 2. The predicted octanol–water partition coefficient (Wildman–Crippen LogP) is 3.20.